The van der Waals surface area contributed by atoms with Gasteiger partial charge in [0.15, 0.2) is 0 Å². The Morgan fingerprint density at radius 3 is 2.13 bits per heavy atom. The molecule has 0 aromatic heterocycles. The summed E-state index contributed by atoms with van der Waals surface area (Å²) in [5, 5.41) is 0. The fourth-order valence-electron chi connectivity index (χ4n) is 3.06. The maximum Gasteiger partial charge on any atom is 0.343 e. The molecule has 0 fully saturated rings. The smallest absolute Gasteiger partial charge is 0.343 e. The molecule has 0 aliphatic rings. The summed E-state index contributed by atoms with van der Waals surface area (Å²) in [5.74, 6) is -1.60. The lowest BCUT2D eigenvalue weighted by molar-refractivity contribution is 0.0528. The van der Waals surface area contributed by atoms with Gasteiger partial charge in [0.05, 0.1) is 11.1 Å². The molecule has 2 aromatic rings. The predicted octanol–water partition coefficient (Wildman–Crippen LogP) is -0.650. The molecule has 1 N–H and O–H groups in total. The van der Waals surface area contributed by atoms with Crippen molar-refractivity contribution in [3.8, 4) is 5.75 Å². The van der Waals surface area contributed by atoms with Crippen LogP contribution in [0.2, 0.25) is 0 Å². The first-order valence-corrected chi connectivity index (χ1v) is 11.4. The van der Waals surface area contributed by atoms with E-state index in [1.54, 1.807) is 0 Å². The highest BCUT2D eigenvalue weighted by Gasteiger charge is 2.17. The lowest BCUT2D eigenvalue weighted by Gasteiger charge is -2.15. The molecule has 7 nitrogen and oxygen atoms in total. The molecule has 0 amide bonds. The van der Waals surface area contributed by atoms with Gasteiger partial charge in [-0.2, -0.15) is 8.42 Å². The fraction of sp³-hybridized carbons (Fsp3) is 0.263. The van der Waals surface area contributed by atoms with Crippen molar-refractivity contribution in [2.45, 2.75) is 19.0 Å². The monoisotopic (exact) mass is 428 g/mol. The summed E-state index contributed by atoms with van der Waals surface area (Å²) in [6, 6.07) is 9.75. The molecular formula is C19H23B3O7S. The number of ether oxygens (including phenoxy) is 2. The second-order valence-corrected chi connectivity index (χ2v) is 8.25. The van der Waals surface area contributed by atoms with E-state index in [4.69, 9.17) is 14.0 Å². The van der Waals surface area contributed by atoms with Crippen LogP contribution in [0.15, 0.2) is 36.4 Å². The average Bonchev–Trinajstić information content (AvgIpc) is 2.72. The highest BCUT2D eigenvalue weighted by molar-refractivity contribution is 7.85. The van der Waals surface area contributed by atoms with Crippen LogP contribution in [0.4, 0.5) is 0 Å². The normalized spacial score (nSPS) is 11.1. The average molecular weight is 428 g/mol. The van der Waals surface area contributed by atoms with Crippen LogP contribution in [-0.2, 0) is 33.8 Å². The third-order valence-corrected chi connectivity index (χ3v) is 5.32. The maximum absolute atomic E-state index is 12.8. The lowest BCUT2D eigenvalue weighted by atomic mass is 9.81. The van der Waals surface area contributed by atoms with E-state index >= 15 is 0 Å². The summed E-state index contributed by atoms with van der Waals surface area (Å²) < 4.78 is 40.3. The Balaban J connectivity index is 2.12. The van der Waals surface area contributed by atoms with E-state index in [0.29, 0.717) is 11.9 Å². The summed E-state index contributed by atoms with van der Waals surface area (Å²) in [6.07, 6.45) is 2.35. The lowest BCUT2D eigenvalue weighted by Crippen LogP contribution is -2.15. The highest BCUT2D eigenvalue weighted by Crippen LogP contribution is 2.22. The molecule has 30 heavy (non-hydrogen) atoms. The molecule has 0 heterocycles. The molecule has 2 aromatic carbocycles. The Morgan fingerprint density at radius 1 is 0.933 bits per heavy atom. The highest BCUT2D eigenvalue weighted by atomic mass is 32.2. The topological polar surface area (TPSA) is 107 Å². The van der Waals surface area contributed by atoms with Gasteiger partial charge in [0.1, 0.15) is 41.6 Å². The summed E-state index contributed by atoms with van der Waals surface area (Å²) in [5.41, 5.74) is 3.88. The maximum atomic E-state index is 12.8. The van der Waals surface area contributed by atoms with Crippen molar-refractivity contribution in [2.24, 2.45) is 0 Å². The number of rotatable bonds is 9. The number of hydrogen-bond donors (Lipinski definition) is 1. The van der Waals surface area contributed by atoms with E-state index in [9.17, 15) is 18.0 Å². The van der Waals surface area contributed by atoms with Crippen LogP contribution < -0.4 is 4.74 Å². The Hall–Kier alpha value is -2.52. The van der Waals surface area contributed by atoms with Crippen LogP contribution in [0.1, 0.15) is 37.4 Å². The minimum atomic E-state index is -4.20. The van der Waals surface area contributed by atoms with E-state index in [-0.39, 0.29) is 11.3 Å². The molecule has 0 unspecified atom stereocenters. The second-order valence-electron chi connectivity index (χ2n) is 6.68. The van der Waals surface area contributed by atoms with Gasteiger partial charge in [-0.05, 0) is 35.9 Å². The van der Waals surface area contributed by atoms with Crippen molar-refractivity contribution in [3.05, 3.63) is 64.2 Å². The molecule has 0 spiro atoms. The molecule has 0 saturated heterocycles. The third kappa shape index (κ3) is 6.50. The van der Waals surface area contributed by atoms with Crippen molar-refractivity contribution in [1.82, 2.24) is 0 Å². The van der Waals surface area contributed by atoms with Crippen LogP contribution in [0.5, 0.6) is 5.75 Å². The molecular weight excluding hydrogens is 405 g/mol. The molecule has 11 heteroatoms. The molecule has 156 valence electrons. The van der Waals surface area contributed by atoms with Gasteiger partial charge in [-0.1, -0.05) is 36.2 Å². The van der Waals surface area contributed by atoms with Gasteiger partial charge in [0.25, 0.3) is 10.1 Å². The Kier molecular flexibility index (Phi) is 8.31. The quantitative estimate of drug-likeness (QED) is 0.245. The number of hydrogen-bond acceptors (Lipinski definition) is 6. The molecule has 0 atom stereocenters. The van der Waals surface area contributed by atoms with E-state index in [1.807, 2.05) is 21.8 Å². The first kappa shape index (κ1) is 23.8. The molecule has 0 radical (unpaired) electrons. The summed E-state index contributed by atoms with van der Waals surface area (Å²) >= 11 is 0. The molecule has 2 rings (SSSR count). The van der Waals surface area contributed by atoms with Crippen LogP contribution in [0.25, 0.3) is 0 Å². The molecule has 0 aliphatic carbocycles. The Morgan fingerprint density at radius 2 is 1.60 bits per heavy atom. The van der Waals surface area contributed by atoms with Crippen molar-refractivity contribution in [2.75, 3.05) is 12.4 Å². The van der Waals surface area contributed by atoms with Crippen molar-refractivity contribution in [1.29, 1.82) is 0 Å². The number of carbonyl (C=O) groups excluding carboxylic acids is 2. The van der Waals surface area contributed by atoms with E-state index < -0.39 is 34.4 Å². The van der Waals surface area contributed by atoms with Crippen LogP contribution in [0.3, 0.4) is 0 Å². The third-order valence-electron chi connectivity index (χ3n) is 4.64. The summed E-state index contributed by atoms with van der Waals surface area (Å²) in [7, 11) is 1.88. The number of esters is 2. The predicted molar refractivity (Wildman–Crippen MR) is 121 cm³/mol. The zero-order chi connectivity index (χ0) is 22.3. The van der Waals surface area contributed by atoms with Crippen LogP contribution >= 0.6 is 0 Å². The standard InChI is InChI=1S/C19H23B3O7S/c20-9-12-7-14(10-21)17(11-22)16(8-12)19(24)29-15-3-1-13(2-4-15)18(23)28-5-6-30(25,26)27/h1-4,7-8H,5-6,9-11,20-22H2,(H,25,26,27). The van der Waals surface area contributed by atoms with Gasteiger partial charge >= 0.3 is 11.9 Å². The molecule has 0 bridgehead atoms. The van der Waals surface area contributed by atoms with Gasteiger partial charge < -0.3 is 9.47 Å². The van der Waals surface area contributed by atoms with Crippen molar-refractivity contribution < 1.29 is 32.0 Å². The van der Waals surface area contributed by atoms with Crippen LogP contribution in [0, 0.1) is 0 Å². The summed E-state index contributed by atoms with van der Waals surface area (Å²) in [6.45, 7) is -0.457. The van der Waals surface area contributed by atoms with Gasteiger partial charge in [-0.25, -0.2) is 9.59 Å². The molecule has 0 aliphatic heterocycles. The zero-order valence-electron chi connectivity index (χ0n) is 17.3. The molecule has 0 saturated carbocycles. The second kappa shape index (κ2) is 10.5. The van der Waals surface area contributed by atoms with Crippen molar-refractivity contribution >= 4 is 45.6 Å². The van der Waals surface area contributed by atoms with Gasteiger partial charge in [0.2, 0.25) is 0 Å². The number of benzene rings is 2. The fourth-order valence-corrected chi connectivity index (χ4v) is 3.36. The van der Waals surface area contributed by atoms with Gasteiger partial charge in [-0.15, -0.1) is 0 Å². The van der Waals surface area contributed by atoms with Gasteiger partial charge in [-0.3, -0.25) is 4.55 Å². The van der Waals surface area contributed by atoms with Crippen molar-refractivity contribution in [3.63, 3.8) is 0 Å². The van der Waals surface area contributed by atoms with Crippen LogP contribution in [-0.4, -0.2) is 60.8 Å². The Bertz CT molecular complexity index is 1020. The number of carbonyl (C=O) groups is 2. The van der Waals surface area contributed by atoms with E-state index in [0.717, 1.165) is 29.3 Å². The first-order chi connectivity index (χ1) is 14.2. The SMILES string of the molecule is BCc1cc(CB)c(CB)c(C(=O)Oc2ccc(C(=O)OCCS(=O)(=O)O)cc2)c1. The minimum absolute atomic E-state index is 0.167. The van der Waals surface area contributed by atoms with E-state index in [1.165, 1.54) is 24.3 Å². The summed E-state index contributed by atoms with van der Waals surface area (Å²) in [4.78, 5) is 24.7. The van der Waals surface area contributed by atoms with E-state index in [2.05, 4.69) is 13.9 Å². The van der Waals surface area contributed by atoms with Gasteiger partial charge in [0, 0.05) is 0 Å². The first-order valence-electron chi connectivity index (χ1n) is 9.77. The zero-order valence-corrected chi connectivity index (χ0v) is 18.1. The Labute approximate surface area is 179 Å². The largest absolute Gasteiger partial charge is 0.461 e. The minimum Gasteiger partial charge on any atom is -0.461 e.